The Bertz CT molecular complexity index is 497. The van der Waals surface area contributed by atoms with Crippen molar-refractivity contribution in [2.45, 2.75) is 6.42 Å². The van der Waals surface area contributed by atoms with Crippen molar-refractivity contribution in [3.63, 3.8) is 0 Å². The molecule has 2 aromatic rings. The molecule has 94 valence electrons. The van der Waals surface area contributed by atoms with Gasteiger partial charge in [0.05, 0.1) is 13.7 Å². The minimum absolute atomic E-state index is 0.615. The zero-order chi connectivity index (χ0) is 12.8. The molecule has 0 bridgehead atoms. The molecule has 2 aromatic carbocycles. The Balaban J connectivity index is 1.94. The lowest BCUT2D eigenvalue weighted by Gasteiger charge is -2.11. The molecule has 2 rings (SSSR count). The molecule has 0 atom stereocenters. The second-order valence-electron chi connectivity index (χ2n) is 3.99. The first-order valence-electron chi connectivity index (χ1n) is 5.90. The minimum atomic E-state index is 0.615. The molecule has 0 aliphatic heterocycles. The highest BCUT2D eigenvalue weighted by Crippen LogP contribution is 2.28. The van der Waals surface area contributed by atoms with Crippen molar-refractivity contribution in [2.75, 3.05) is 19.5 Å². The van der Waals surface area contributed by atoms with Crippen LogP contribution < -0.4 is 15.2 Å². The van der Waals surface area contributed by atoms with E-state index in [4.69, 9.17) is 15.2 Å². The zero-order valence-electron chi connectivity index (χ0n) is 10.4. The smallest absolute Gasteiger partial charge is 0.162 e. The van der Waals surface area contributed by atoms with E-state index in [0.717, 1.165) is 12.2 Å². The second kappa shape index (κ2) is 5.96. The Kier molecular flexibility index (Phi) is 4.07. The number of nitrogen functional groups attached to an aromatic ring is 1. The van der Waals surface area contributed by atoms with E-state index >= 15 is 0 Å². The number of hydrogen-bond donors (Lipinski definition) is 1. The van der Waals surface area contributed by atoms with E-state index in [1.807, 2.05) is 24.3 Å². The van der Waals surface area contributed by atoms with E-state index in [1.54, 1.807) is 19.2 Å². The maximum atomic E-state index is 5.71. The topological polar surface area (TPSA) is 44.5 Å². The summed E-state index contributed by atoms with van der Waals surface area (Å²) in [6.45, 7) is 0.615. The van der Waals surface area contributed by atoms with E-state index in [-0.39, 0.29) is 0 Å². The predicted octanol–water partition coefficient (Wildman–Crippen LogP) is 2.90. The summed E-state index contributed by atoms with van der Waals surface area (Å²) in [5, 5.41) is 0. The molecule has 3 nitrogen and oxygen atoms in total. The summed E-state index contributed by atoms with van der Waals surface area (Å²) < 4.78 is 10.9. The lowest BCUT2D eigenvalue weighted by Crippen LogP contribution is -2.02. The van der Waals surface area contributed by atoms with Gasteiger partial charge < -0.3 is 15.2 Å². The lowest BCUT2D eigenvalue weighted by atomic mass is 10.2. The van der Waals surface area contributed by atoms with Crippen LogP contribution in [0, 0.1) is 0 Å². The maximum Gasteiger partial charge on any atom is 0.162 e. The van der Waals surface area contributed by atoms with Gasteiger partial charge in [0.2, 0.25) is 0 Å². The molecule has 0 fully saturated rings. The second-order valence-corrected chi connectivity index (χ2v) is 3.99. The third-order valence-electron chi connectivity index (χ3n) is 2.68. The molecule has 0 aliphatic rings. The molecular formula is C15H17NO2. The largest absolute Gasteiger partial charge is 0.493 e. The molecular weight excluding hydrogens is 226 g/mol. The number of anilines is 1. The number of nitrogens with two attached hydrogens (primary N) is 1. The Hall–Kier alpha value is -2.16. The standard InChI is InChI=1S/C15H17NO2/c1-17-15-11-13(16)7-8-14(15)18-10-9-12-5-3-2-4-6-12/h2-8,11H,9-10,16H2,1H3. The van der Waals surface area contributed by atoms with Crippen LogP contribution in [0.5, 0.6) is 11.5 Å². The Morgan fingerprint density at radius 2 is 1.78 bits per heavy atom. The number of rotatable bonds is 5. The van der Waals surface area contributed by atoms with Crippen LogP contribution in [0.1, 0.15) is 5.56 Å². The van der Waals surface area contributed by atoms with Crippen molar-refractivity contribution >= 4 is 5.69 Å². The molecule has 0 heterocycles. The summed E-state index contributed by atoms with van der Waals surface area (Å²) in [5.74, 6) is 1.39. The van der Waals surface area contributed by atoms with Crippen molar-refractivity contribution in [1.82, 2.24) is 0 Å². The highest BCUT2D eigenvalue weighted by molar-refractivity contribution is 5.51. The molecule has 18 heavy (non-hydrogen) atoms. The van der Waals surface area contributed by atoms with Crippen LogP contribution in [-0.4, -0.2) is 13.7 Å². The van der Waals surface area contributed by atoms with E-state index < -0.39 is 0 Å². The SMILES string of the molecule is COc1cc(N)ccc1OCCc1ccccc1. The quantitative estimate of drug-likeness (QED) is 0.821. The van der Waals surface area contributed by atoms with Crippen LogP contribution in [0.2, 0.25) is 0 Å². The number of benzene rings is 2. The van der Waals surface area contributed by atoms with E-state index in [9.17, 15) is 0 Å². The molecule has 3 heteroatoms. The first-order chi connectivity index (χ1) is 8.79. The van der Waals surface area contributed by atoms with Gasteiger partial charge in [-0.05, 0) is 17.7 Å². The van der Waals surface area contributed by atoms with Gasteiger partial charge >= 0.3 is 0 Å². The number of methoxy groups -OCH3 is 1. The third-order valence-corrected chi connectivity index (χ3v) is 2.68. The summed E-state index contributed by atoms with van der Waals surface area (Å²) in [6.07, 6.45) is 0.869. The molecule has 0 radical (unpaired) electrons. The molecule has 0 aliphatic carbocycles. The van der Waals surface area contributed by atoms with Crippen molar-refractivity contribution < 1.29 is 9.47 Å². The first-order valence-corrected chi connectivity index (χ1v) is 5.90. The predicted molar refractivity (Wildman–Crippen MR) is 73.0 cm³/mol. The van der Waals surface area contributed by atoms with Gasteiger partial charge in [-0.3, -0.25) is 0 Å². The Morgan fingerprint density at radius 3 is 2.50 bits per heavy atom. The van der Waals surface area contributed by atoms with Crippen molar-refractivity contribution in [2.24, 2.45) is 0 Å². The van der Waals surface area contributed by atoms with Gasteiger partial charge in [-0.15, -0.1) is 0 Å². The van der Waals surface area contributed by atoms with E-state index in [0.29, 0.717) is 18.0 Å². The fourth-order valence-corrected chi connectivity index (χ4v) is 1.73. The molecule has 0 amide bonds. The fourth-order valence-electron chi connectivity index (χ4n) is 1.73. The average molecular weight is 243 g/mol. The van der Waals surface area contributed by atoms with Gasteiger partial charge in [-0.2, -0.15) is 0 Å². The molecule has 0 unspecified atom stereocenters. The number of hydrogen-bond acceptors (Lipinski definition) is 3. The van der Waals surface area contributed by atoms with Gasteiger partial charge in [0.1, 0.15) is 0 Å². The molecule has 0 saturated heterocycles. The normalized spacial score (nSPS) is 10.1. The number of ether oxygens (including phenoxy) is 2. The highest BCUT2D eigenvalue weighted by Gasteiger charge is 2.04. The van der Waals surface area contributed by atoms with Crippen molar-refractivity contribution in [3.8, 4) is 11.5 Å². The van der Waals surface area contributed by atoms with Crippen molar-refractivity contribution in [1.29, 1.82) is 0 Å². The minimum Gasteiger partial charge on any atom is -0.493 e. The first kappa shape index (κ1) is 12.3. The summed E-state index contributed by atoms with van der Waals surface area (Å²) in [6, 6.07) is 15.6. The summed E-state index contributed by atoms with van der Waals surface area (Å²) in [5.41, 5.74) is 7.61. The van der Waals surface area contributed by atoms with Crippen LogP contribution >= 0.6 is 0 Å². The van der Waals surface area contributed by atoms with Crippen LogP contribution in [0.25, 0.3) is 0 Å². The van der Waals surface area contributed by atoms with Crippen LogP contribution in [-0.2, 0) is 6.42 Å². The van der Waals surface area contributed by atoms with Gasteiger partial charge in [0.15, 0.2) is 11.5 Å². The maximum absolute atomic E-state index is 5.71. The van der Waals surface area contributed by atoms with Crippen LogP contribution in [0.3, 0.4) is 0 Å². The summed E-state index contributed by atoms with van der Waals surface area (Å²) >= 11 is 0. The lowest BCUT2D eigenvalue weighted by molar-refractivity contribution is 0.298. The Morgan fingerprint density at radius 1 is 1.00 bits per heavy atom. The average Bonchev–Trinajstić information content (AvgIpc) is 2.41. The molecule has 0 aromatic heterocycles. The molecule has 0 saturated carbocycles. The van der Waals surface area contributed by atoms with Gasteiger partial charge in [-0.1, -0.05) is 30.3 Å². The van der Waals surface area contributed by atoms with Crippen molar-refractivity contribution in [3.05, 3.63) is 54.1 Å². The zero-order valence-corrected chi connectivity index (χ0v) is 10.4. The van der Waals surface area contributed by atoms with Crippen LogP contribution in [0.15, 0.2) is 48.5 Å². The van der Waals surface area contributed by atoms with Crippen LogP contribution in [0.4, 0.5) is 5.69 Å². The van der Waals surface area contributed by atoms with E-state index in [2.05, 4.69) is 12.1 Å². The molecule has 2 N–H and O–H groups in total. The Labute approximate surface area is 107 Å². The molecule has 0 spiro atoms. The summed E-state index contributed by atoms with van der Waals surface area (Å²) in [4.78, 5) is 0. The summed E-state index contributed by atoms with van der Waals surface area (Å²) in [7, 11) is 1.61. The van der Waals surface area contributed by atoms with Gasteiger partial charge in [0, 0.05) is 18.2 Å². The van der Waals surface area contributed by atoms with E-state index in [1.165, 1.54) is 5.56 Å². The fraction of sp³-hybridized carbons (Fsp3) is 0.200. The monoisotopic (exact) mass is 243 g/mol. The highest BCUT2D eigenvalue weighted by atomic mass is 16.5. The van der Waals surface area contributed by atoms with Gasteiger partial charge in [-0.25, -0.2) is 0 Å². The third kappa shape index (κ3) is 3.17. The van der Waals surface area contributed by atoms with Gasteiger partial charge in [0.25, 0.3) is 0 Å².